The Morgan fingerprint density at radius 2 is 1.75 bits per heavy atom. The molecule has 0 atom stereocenters. The molecule has 2 aromatic heterocycles. The lowest BCUT2D eigenvalue weighted by Gasteiger charge is -2.28. The number of piperidine rings is 1. The van der Waals surface area contributed by atoms with E-state index in [9.17, 15) is 0 Å². The normalized spacial score (nSPS) is 17.7. The fraction of sp³-hybridized carbons (Fsp3) is 0.522. The van der Waals surface area contributed by atoms with Gasteiger partial charge < -0.3 is 29.0 Å². The van der Waals surface area contributed by atoms with Crippen LogP contribution < -0.4 is 19.7 Å². The van der Waals surface area contributed by atoms with Gasteiger partial charge in [-0.3, -0.25) is 0 Å². The van der Waals surface area contributed by atoms with Gasteiger partial charge in [-0.25, -0.2) is 15.0 Å². The minimum absolute atomic E-state index is 0.428. The number of aromatic nitrogens is 4. The molecule has 0 amide bonds. The minimum Gasteiger partial charge on any atom is -0.493 e. The van der Waals surface area contributed by atoms with E-state index in [0.29, 0.717) is 36.5 Å². The van der Waals surface area contributed by atoms with E-state index < -0.39 is 0 Å². The summed E-state index contributed by atoms with van der Waals surface area (Å²) in [4.78, 5) is 17.3. The molecule has 170 valence electrons. The van der Waals surface area contributed by atoms with Gasteiger partial charge in [0.15, 0.2) is 34.3 Å². The molecule has 0 bridgehead atoms. The predicted molar refractivity (Wildman–Crippen MR) is 123 cm³/mol. The number of fused-ring (bicyclic) bond motifs is 1. The second-order valence-corrected chi connectivity index (χ2v) is 8.27. The molecule has 2 aliphatic rings. The van der Waals surface area contributed by atoms with E-state index in [4.69, 9.17) is 29.2 Å². The molecule has 3 aromatic rings. The first kappa shape index (κ1) is 21.0. The molecule has 0 unspecified atom stereocenters. The van der Waals surface area contributed by atoms with E-state index in [0.717, 1.165) is 67.4 Å². The van der Waals surface area contributed by atoms with Crippen LogP contribution in [0.1, 0.15) is 24.6 Å². The molecule has 1 aromatic carbocycles. The summed E-state index contributed by atoms with van der Waals surface area (Å²) >= 11 is 0. The molecule has 9 nitrogen and oxygen atoms in total. The fourth-order valence-corrected chi connectivity index (χ4v) is 4.61. The number of aryl methyl sites for hydroxylation is 1. The van der Waals surface area contributed by atoms with Gasteiger partial charge in [0.25, 0.3) is 0 Å². The van der Waals surface area contributed by atoms with Crippen molar-refractivity contribution in [1.82, 2.24) is 24.8 Å². The van der Waals surface area contributed by atoms with Crippen LogP contribution in [-0.2, 0) is 11.8 Å². The molecule has 2 saturated heterocycles. The van der Waals surface area contributed by atoms with Crippen molar-refractivity contribution in [2.45, 2.75) is 18.8 Å². The van der Waals surface area contributed by atoms with E-state index >= 15 is 0 Å². The minimum atomic E-state index is 0.428. The molecular formula is C23H30N6O3. The zero-order chi connectivity index (χ0) is 22.1. The van der Waals surface area contributed by atoms with Crippen molar-refractivity contribution in [3.8, 4) is 22.9 Å². The molecule has 5 rings (SSSR count). The molecule has 0 radical (unpaired) electrons. The van der Waals surface area contributed by atoms with Crippen LogP contribution in [0.4, 0.5) is 5.82 Å². The average Bonchev–Trinajstić information content (AvgIpc) is 3.20. The highest BCUT2D eigenvalue weighted by Gasteiger charge is 2.26. The first-order valence-electron chi connectivity index (χ1n) is 11.2. The van der Waals surface area contributed by atoms with Crippen LogP contribution in [0.25, 0.3) is 22.6 Å². The maximum absolute atomic E-state index is 5.58. The SMILES string of the molecule is COc1ccc(-c2nc(N3CCOCC3)c3nc(C4CCNCC4)n(C)c3n2)cc1OC. The summed E-state index contributed by atoms with van der Waals surface area (Å²) in [6.45, 7) is 4.99. The quantitative estimate of drug-likeness (QED) is 0.650. The van der Waals surface area contributed by atoms with E-state index in [1.54, 1.807) is 14.2 Å². The second kappa shape index (κ2) is 8.91. The summed E-state index contributed by atoms with van der Waals surface area (Å²) in [5, 5.41) is 3.44. The number of ether oxygens (including phenoxy) is 3. The number of rotatable bonds is 5. The Hall–Kier alpha value is -2.91. The van der Waals surface area contributed by atoms with Gasteiger partial charge in [0.2, 0.25) is 0 Å². The molecule has 0 aliphatic carbocycles. The van der Waals surface area contributed by atoms with Gasteiger partial charge in [0.05, 0.1) is 27.4 Å². The first-order chi connectivity index (χ1) is 15.7. The van der Waals surface area contributed by atoms with E-state index in [1.807, 2.05) is 18.2 Å². The number of nitrogens with one attached hydrogen (secondary N) is 1. The largest absolute Gasteiger partial charge is 0.493 e. The van der Waals surface area contributed by atoms with Crippen LogP contribution in [0, 0.1) is 0 Å². The van der Waals surface area contributed by atoms with E-state index in [-0.39, 0.29) is 0 Å². The Balaban J connectivity index is 1.66. The highest BCUT2D eigenvalue weighted by molar-refractivity contribution is 5.86. The third-order valence-corrected chi connectivity index (χ3v) is 6.39. The molecule has 2 aliphatic heterocycles. The zero-order valence-electron chi connectivity index (χ0n) is 18.9. The predicted octanol–water partition coefficient (Wildman–Crippen LogP) is 2.35. The summed E-state index contributed by atoms with van der Waals surface area (Å²) in [5.41, 5.74) is 2.61. The van der Waals surface area contributed by atoms with Crippen molar-refractivity contribution >= 4 is 17.0 Å². The summed E-state index contributed by atoms with van der Waals surface area (Å²) < 4.78 is 18.6. The lowest BCUT2D eigenvalue weighted by Crippen LogP contribution is -2.37. The van der Waals surface area contributed by atoms with Gasteiger partial charge >= 0.3 is 0 Å². The Labute approximate surface area is 187 Å². The van der Waals surface area contributed by atoms with E-state index in [2.05, 4.69) is 21.8 Å². The van der Waals surface area contributed by atoms with Gasteiger partial charge in [0, 0.05) is 31.6 Å². The van der Waals surface area contributed by atoms with Crippen molar-refractivity contribution in [2.24, 2.45) is 7.05 Å². The van der Waals surface area contributed by atoms with Crippen molar-refractivity contribution in [3.05, 3.63) is 24.0 Å². The summed E-state index contributed by atoms with van der Waals surface area (Å²) in [6.07, 6.45) is 2.17. The van der Waals surface area contributed by atoms with Gasteiger partial charge in [0.1, 0.15) is 5.82 Å². The van der Waals surface area contributed by atoms with Crippen LogP contribution in [0.2, 0.25) is 0 Å². The molecule has 9 heteroatoms. The Kier molecular flexibility index (Phi) is 5.84. The molecule has 2 fully saturated rings. The van der Waals surface area contributed by atoms with Gasteiger partial charge in [-0.15, -0.1) is 0 Å². The van der Waals surface area contributed by atoms with Crippen LogP contribution >= 0.6 is 0 Å². The number of nitrogens with zero attached hydrogens (tertiary/aromatic N) is 5. The van der Waals surface area contributed by atoms with Gasteiger partial charge in [-0.1, -0.05) is 0 Å². The lowest BCUT2D eigenvalue weighted by atomic mass is 9.97. The van der Waals surface area contributed by atoms with Crippen molar-refractivity contribution in [2.75, 3.05) is 58.5 Å². The van der Waals surface area contributed by atoms with E-state index in [1.165, 1.54) is 0 Å². The molecule has 32 heavy (non-hydrogen) atoms. The number of hydrogen-bond acceptors (Lipinski definition) is 8. The first-order valence-corrected chi connectivity index (χ1v) is 11.2. The van der Waals surface area contributed by atoms with Gasteiger partial charge in [-0.2, -0.15) is 0 Å². The van der Waals surface area contributed by atoms with Gasteiger partial charge in [-0.05, 0) is 44.1 Å². The highest BCUT2D eigenvalue weighted by Crippen LogP contribution is 2.35. The number of hydrogen-bond donors (Lipinski definition) is 1. The monoisotopic (exact) mass is 438 g/mol. The Morgan fingerprint density at radius 1 is 1.00 bits per heavy atom. The highest BCUT2D eigenvalue weighted by atomic mass is 16.5. The Bertz CT molecular complexity index is 1100. The smallest absolute Gasteiger partial charge is 0.166 e. The number of methoxy groups -OCH3 is 2. The molecular weight excluding hydrogens is 408 g/mol. The second-order valence-electron chi connectivity index (χ2n) is 8.27. The third kappa shape index (κ3) is 3.75. The van der Waals surface area contributed by atoms with Crippen molar-refractivity contribution in [1.29, 1.82) is 0 Å². The van der Waals surface area contributed by atoms with Crippen molar-refractivity contribution in [3.63, 3.8) is 0 Å². The zero-order valence-corrected chi connectivity index (χ0v) is 18.9. The van der Waals surface area contributed by atoms with Crippen molar-refractivity contribution < 1.29 is 14.2 Å². The maximum atomic E-state index is 5.58. The summed E-state index contributed by atoms with van der Waals surface area (Å²) in [6, 6.07) is 5.78. The molecule has 4 heterocycles. The summed E-state index contributed by atoms with van der Waals surface area (Å²) in [5.74, 6) is 4.38. The van der Waals surface area contributed by atoms with Crippen LogP contribution in [0.3, 0.4) is 0 Å². The topological polar surface area (TPSA) is 86.6 Å². The average molecular weight is 439 g/mol. The number of imidazole rings is 1. The fourth-order valence-electron chi connectivity index (χ4n) is 4.61. The summed E-state index contributed by atoms with van der Waals surface area (Å²) in [7, 11) is 5.34. The van der Waals surface area contributed by atoms with Crippen LogP contribution in [0.5, 0.6) is 11.5 Å². The Morgan fingerprint density at radius 3 is 2.47 bits per heavy atom. The molecule has 0 spiro atoms. The third-order valence-electron chi connectivity index (χ3n) is 6.39. The maximum Gasteiger partial charge on any atom is 0.166 e. The van der Waals surface area contributed by atoms with Crippen LogP contribution in [-0.4, -0.2) is 73.1 Å². The lowest BCUT2D eigenvalue weighted by molar-refractivity contribution is 0.122. The number of morpholine rings is 1. The molecule has 1 N–H and O–H groups in total. The number of anilines is 1. The number of benzene rings is 1. The molecule has 0 saturated carbocycles. The van der Waals surface area contributed by atoms with Crippen LogP contribution in [0.15, 0.2) is 18.2 Å². The standard InChI is InChI=1S/C23H30N6O3/c1-28-21(15-6-8-24-9-7-15)25-19-22(28)26-20(27-23(19)29-10-12-32-13-11-29)16-4-5-17(30-2)18(14-16)31-3/h4-5,14-15,24H,6-13H2,1-3H3.